The highest BCUT2D eigenvalue weighted by atomic mass is 32.2. The summed E-state index contributed by atoms with van der Waals surface area (Å²) in [7, 11) is 0. The van der Waals surface area contributed by atoms with E-state index in [1.165, 1.54) is 11.8 Å². The molecule has 1 atom stereocenters. The molecule has 3 aromatic carbocycles. The van der Waals surface area contributed by atoms with Crippen LogP contribution in [0.2, 0.25) is 0 Å². The lowest BCUT2D eigenvalue weighted by atomic mass is 10.2. The summed E-state index contributed by atoms with van der Waals surface area (Å²) in [5, 5.41) is 2.95. The van der Waals surface area contributed by atoms with Gasteiger partial charge in [-0.3, -0.25) is 14.5 Å². The van der Waals surface area contributed by atoms with Crippen molar-refractivity contribution in [2.75, 3.05) is 41.4 Å². The van der Waals surface area contributed by atoms with E-state index in [2.05, 4.69) is 10.2 Å². The molecular weight excluding hydrogens is 460 g/mol. The number of carbonyl (C=O) groups is 2. The monoisotopic (exact) mass is 486 g/mol. The number of rotatable bonds is 6. The fourth-order valence-electron chi connectivity index (χ4n) is 4.06. The molecule has 178 valence electrons. The summed E-state index contributed by atoms with van der Waals surface area (Å²) in [6.45, 7) is 3.16. The maximum Gasteiger partial charge on any atom is 0.247 e. The topological polar surface area (TPSA) is 74.2 Å². The first-order valence-electron chi connectivity index (χ1n) is 11.6. The standard InChI is InChI=1S/C27H26N4O3S/c32-25(28-21-11-13-22(14-12-21)30-15-17-34-18-16-30)19-24-26(33)31(23-9-5-2-6-10-23)27(35-24)29-20-7-3-1-4-8-20/h1-14,24H,15-19H2,(H,28,32)/t24-/m1/s1. The summed E-state index contributed by atoms with van der Waals surface area (Å²) >= 11 is 1.32. The van der Waals surface area contributed by atoms with Crippen LogP contribution in [0.5, 0.6) is 0 Å². The minimum atomic E-state index is -0.551. The van der Waals surface area contributed by atoms with E-state index < -0.39 is 5.25 Å². The van der Waals surface area contributed by atoms with Gasteiger partial charge in [0.25, 0.3) is 0 Å². The van der Waals surface area contributed by atoms with Crippen LogP contribution in [-0.4, -0.2) is 48.5 Å². The minimum Gasteiger partial charge on any atom is -0.378 e. The van der Waals surface area contributed by atoms with Crippen molar-refractivity contribution < 1.29 is 14.3 Å². The molecule has 2 amide bonds. The van der Waals surface area contributed by atoms with E-state index in [0.29, 0.717) is 10.9 Å². The van der Waals surface area contributed by atoms with Gasteiger partial charge in [0.2, 0.25) is 11.8 Å². The molecule has 2 aliphatic heterocycles. The number of amidine groups is 1. The molecule has 0 radical (unpaired) electrons. The van der Waals surface area contributed by atoms with Crippen LogP contribution >= 0.6 is 11.8 Å². The van der Waals surface area contributed by atoms with Crippen molar-refractivity contribution in [2.24, 2.45) is 4.99 Å². The second kappa shape index (κ2) is 10.8. The Kier molecular flexibility index (Phi) is 7.11. The fourth-order valence-corrected chi connectivity index (χ4v) is 5.21. The highest BCUT2D eigenvalue weighted by Gasteiger charge is 2.40. The van der Waals surface area contributed by atoms with Crippen LogP contribution in [0, 0.1) is 0 Å². The number of para-hydroxylation sites is 2. The molecule has 2 saturated heterocycles. The number of aliphatic imine (C=N–C) groups is 1. The van der Waals surface area contributed by atoms with E-state index in [-0.39, 0.29) is 18.2 Å². The first-order valence-corrected chi connectivity index (χ1v) is 12.5. The third-order valence-corrected chi connectivity index (χ3v) is 6.97. The molecule has 8 heteroatoms. The second-order valence-corrected chi connectivity index (χ2v) is 9.41. The number of morpholine rings is 1. The average Bonchev–Trinajstić information content (AvgIpc) is 3.20. The van der Waals surface area contributed by atoms with Crippen molar-refractivity contribution in [1.82, 2.24) is 0 Å². The van der Waals surface area contributed by atoms with Gasteiger partial charge >= 0.3 is 0 Å². The van der Waals surface area contributed by atoms with Crippen molar-refractivity contribution in [3.05, 3.63) is 84.9 Å². The number of thioether (sulfide) groups is 1. The highest BCUT2D eigenvalue weighted by molar-refractivity contribution is 8.16. The lowest BCUT2D eigenvalue weighted by molar-refractivity contribution is -0.121. The lowest BCUT2D eigenvalue weighted by Gasteiger charge is -2.28. The smallest absolute Gasteiger partial charge is 0.247 e. The summed E-state index contributed by atoms with van der Waals surface area (Å²) in [6.07, 6.45) is 0.0614. The predicted octanol–water partition coefficient (Wildman–Crippen LogP) is 4.69. The third kappa shape index (κ3) is 5.55. The Bertz CT molecular complexity index is 1200. The Labute approximate surface area is 208 Å². The molecule has 2 aliphatic rings. The van der Waals surface area contributed by atoms with Gasteiger partial charge in [0.05, 0.1) is 24.6 Å². The Morgan fingerprint density at radius 1 is 0.914 bits per heavy atom. The number of ether oxygens (including phenoxy) is 1. The van der Waals surface area contributed by atoms with Gasteiger partial charge in [0.15, 0.2) is 5.17 Å². The van der Waals surface area contributed by atoms with E-state index in [1.807, 2.05) is 84.9 Å². The molecule has 2 fully saturated rings. The number of hydrogen-bond donors (Lipinski definition) is 1. The average molecular weight is 487 g/mol. The Balaban J connectivity index is 1.28. The molecule has 0 unspecified atom stereocenters. The van der Waals surface area contributed by atoms with Gasteiger partial charge < -0.3 is 15.0 Å². The third-order valence-electron chi connectivity index (χ3n) is 5.83. The molecule has 2 heterocycles. The SMILES string of the molecule is O=C(C[C@H]1SC(=Nc2ccccc2)N(c2ccccc2)C1=O)Nc1ccc(N2CCOCC2)cc1. The van der Waals surface area contributed by atoms with Crippen molar-refractivity contribution in [2.45, 2.75) is 11.7 Å². The maximum absolute atomic E-state index is 13.3. The van der Waals surface area contributed by atoms with Gasteiger partial charge in [-0.2, -0.15) is 0 Å². The van der Waals surface area contributed by atoms with E-state index in [0.717, 1.165) is 43.4 Å². The minimum absolute atomic E-state index is 0.0614. The molecule has 0 spiro atoms. The summed E-state index contributed by atoms with van der Waals surface area (Å²) in [5.74, 6) is -0.349. The number of amides is 2. The molecule has 0 bridgehead atoms. The zero-order chi connectivity index (χ0) is 24.0. The predicted molar refractivity (Wildman–Crippen MR) is 142 cm³/mol. The van der Waals surface area contributed by atoms with Crippen LogP contribution < -0.4 is 15.1 Å². The molecule has 0 aliphatic carbocycles. The fraction of sp³-hybridized carbons (Fsp3) is 0.222. The molecule has 3 aromatic rings. The number of carbonyl (C=O) groups excluding carboxylic acids is 2. The molecular formula is C27H26N4O3S. The van der Waals surface area contributed by atoms with E-state index >= 15 is 0 Å². The summed E-state index contributed by atoms with van der Waals surface area (Å²) in [5.41, 5.74) is 3.31. The van der Waals surface area contributed by atoms with Gasteiger partial charge in [0.1, 0.15) is 5.25 Å². The van der Waals surface area contributed by atoms with Crippen LogP contribution in [0.25, 0.3) is 0 Å². The van der Waals surface area contributed by atoms with E-state index in [1.54, 1.807) is 4.90 Å². The first-order chi connectivity index (χ1) is 17.2. The number of benzene rings is 3. The zero-order valence-electron chi connectivity index (χ0n) is 19.2. The molecule has 0 saturated carbocycles. The number of anilines is 3. The number of nitrogens with one attached hydrogen (secondary N) is 1. The lowest BCUT2D eigenvalue weighted by Crippen LogP contribution is -2.36. The Hall–Kier alpha value is -3.62. The number of hydrogen-bond acceptors (Lipinski definition) is 6. The maximum atomic E-state index is 13.3. The van der Waals surface area contributed by atoms with Crippen molar-refractivity contribution in [1.29, 1.82) is 0 Å². The quantitative estimate of drug-likeness (QED) is 0.547. The highest BCUT2D eigenvalue weighted by Crippen LogP contribution is 2.35. The Morgan fingerprint density at radius 2 is 1.57 bits per heavy atom. The zero-order valence-corrected chi connectivity index (χ0v) is 20.0. The van der Waals surface area contributed by atoms with Crippen LogP contribution in [0.3, 0.4) is 0 Å². The largest absolute Gasteiger partial charge is 0.378 e. The summed E-state index contributed by atoms with van der Waals surface area (Å²) in [6, 6.07) is 26.7. The molecule has 0 aromatic heterocycles. The summed E-state index contributed by atoms with van der Waals surface area (Å²) in [4.78, 5) is 34.8. The van der Waals surface area contributed by atoms with Gasteiger partial charge in [-0.1, -0.05) is 48.2 Å². The van der Waals surface area contributed by atoms with Crippen molar-refractivity contribution in [3.63, 3.8) is 0 Å². The number of nitrogens with zero attached hydrogens (tertiary/aromatic N) is 3. The second-order valence-electron chi connectivity index (χ2n) is 8.24. The molecule has 1 N–H and O–H groups in total. The van der Waals surface area contributed by atoms with Crippen molar-refractivity contribution >= 4 is 51.5 Å². The van der Waals surface area contributed by atoms with Gasteiger partial charge in [0, 0.05) is 30.9 Å². The van der Waals surface area contributed by atoms with Crippen LogP contribution in [-0.2, 0) is 14.3 Å². The summed E-state index contributed by atoms with van der Waals surface area (Å²) < 4.78 is 5.41. The van der Waals surface area contributed by atoms with E-state index in [4.69, 9.17) is 9.73 Å². The Morgan fingerprint density at radius 3 is 2.26 bits per heavy atom. The first kappa shape index (κ1) is 23.1. The molecule has 7 nitrogen and oxygen atoms in total. The van der Waals surface area contributed by atoms with Crippen molar-refractivity contribution in [3.8, 4) is 0 Å². The van der Waals surface area contributed by atoms with Gasteiger partial charge in [-0.05, 0) is 48.5 Å². The van der Waals surface area contributed by atoms with Gasteiger partial charge in [-0.15, -0.1) is 0 Å². The van der Waals surface area contributed by atoms with Gasteiger partial charge in [-0.25, -0.2) is 4.99 Å². The van der Waals surface area contributed by atoms with E-state index in [9.17, 15) is 9.59 Å². The normalized spacial score (nSPS) is 19.3. The molecule has 5 rings (SSSR count). The van der Waals surface area contributed by atoms with Crippen LogP contribution in [0.15, 0.2) is 89.9 Å². The van der Waals surface area contributed by atoms with Crippen LogP contribution in [0.4, 0.5) is 22.7 Å². The molecule has 35 heavy (non-hydrogen) atoms. The van der Waals surface area contributed by atoms with Crippen LogP contribution in [0.1, 0.15) is 6.42 Å².